The summed E-state index contributed by atoms with van der Waals surface area (Å²) in [6.45, 7) is 3.76. The van der Waals surface area contributed by atoms with Crippen molar-refractivity contribution in [1.82, 2.24) is 15.0 Å². The lowest BCUT2D eigenvalue weighted by atomic mass is 10.4. The highest BCUT2D eigenvalue weighted by atomic mass is 16.6. The molecule has 0 saturated heterocycles. The minimum atomic E-state index is -0.621. The molecule has 0 aliphatic heterocycles. The maximum absolute atomic E-state index is 11.0. The fraction of sp³-hybridized carbons (Fsp3) is 0.300. The minimum absolute atomic E-state index is 0.0338. The highest BCUT2D eigenvalue weighted by Crippen LogP contribution is 2.28. The molecule has 2 rings (SSSR count). The van der Waals surface area contributed by atoms with Crippen molar-refractivity contribution in [3.63, 3.8) is 0 Å². The summed E-state index contributed by atoms with van der Waals surface area (Å²) >= 11 is 0. The second-order valence-corrected chi connectivity index (χ2v) is 3.92. The summed E-state index contributed by atoms with van der Waals surface area (Å²) < 4.78 is 5.37. The number of nitrogens with zero attached hydrogens (tertiary/aromatic N) is 4. The molecule has 0 amide bonds. The van der Waals surface area contributed by atoms with Crippen molar-refractivity contribution in [1.29, 1.82) is 0 Å². The molecule has 0 fully saturated rings. The summed E-state index contributed by atoms with van der Waals surface area (Å²) in [5.74, 6) is 6.25. The van der Waals surface area contributed by atoms with E-state index in [4.69, 9.17) is 10.3 Å². The maximum atomic E-state index is 11.0. The van der Waals surface area contributed by atoms with Gasteiger partial charge in [-0.3, -0.25) is 10.1 Å². The van der Waals surface area contributed by atoms with E-state index in [1.165, 1.54) is 0 Å². The summed E-state index contributed by atoms with van der Waals surface area (Å²) in [6.07, 6.45) is 1.16. The van der Waals surface area contributed by atoms with Crippen molar-refractivity contribution in [2.75, 3.05) is 10.7 Å². The highest BCUT2D eigenvalue weighted by molar-refractivity contribution is 5.68. The first-order valence-electron chi connectivity index (χ1n) is 5.65. The molecule has 0 aliphatic carbocycles. The first-order valence-corrected chi connectivity index (χ1v) is 5.65. The van der Waals surface area contributed by atoms with Crippen LogP contribution in [0, 0.1) is 24.0 Å². The van der Waals surface area contributed by atoms with Crippen LogP contribution in [0.15, 0.2) is 10.7 Å². The van der Waals surface area contributed by atoms with Gasteiger partial charge in [0, 0.05) is 0 Å². The molecule has 20 heavy (non-hydrogen) atoms. The van der Waals surface area contributed by atoms with E-state index in [1.807, 2.05) is 6.92 Å². The Morgan fingerprint density at radius 1 is 1.40 bits per heavy atom. The average molecular weight is 279 g/mol. The largest absolute Gasteiger partial charge is 0.444 e. The lowest BCUT2D eigenvalue weighted by Gasteiger charge is -2.06. The zero-order valence-electron chi connectivity index (χ0n) is 10.9. The summed E-state index contributed by atoms with van der Waals surface area (Å²) in [5, 5.41) is 13.8. The number of hydrazine groups is 1. The molecule has 0 aromatic carbocycles. The van der Waals surface area contributed by atoms with Gasteiger partial charge in [0.25, 0.3) is 0 Å². The quantitative estimate of drug-likeness (QED) is 0.412. The fourth-order valence-corrected chi connectivity index (χ4v) is 1.56. The standard InChI is InChI=1S/C10H13N7O3/c1-5-6(2)20-7(15-5)3-12-9-8(17(18)19)10(16-11)14-4-13-9/h4H,3,11H2,1-2H3,(H2,12,13,14,16). The third-order valence-electron chi connectivity index (χ3n) is 2.62. The van der Waals surface area contributed by atoms with Crippen molar-refractivity contribution in [2.45, 2.75) is 20.4 Å². The van der Waals surface area contributed by atoms with Gasteiger partial charge in [0.15, 0.2) is 0 Å². The summed E-state index contributed by atoms with van der Waals surface area (Å²) in [7, 11) is 0. The van der Waals surface area contributed by atoms with Gasteiger partial charge < -0.3 is 15.2 Å². The van der Waals surface area contributed by atoms with Crippen LogP contribution in [0.1, 0.15) is 17.3 Å². The van der Waals surface area contributed by atoms with Crippen LogP contribution in [0.5, 0.6) is 0 Å². The second-order valence-electron chi connectivity index (χ2n) is 3.92. The Kier molecular flexibility index (Phi) is 3.75. The molecule has 4 N–H and O–H groups in total. The third-order valence-corrected chi connectivity index (χ3v) is 2.62. The molecule has 0 unspecified atom stereocenters. The Morgan fingerprint density at radius 3 is 2.65 bits per heavy atom. The van der Waals surface area contributed by atoms with E-state index in [0.29, 0.717) is 11.7 Å². The molecule has 106 valence electrons. The predicted octanol–water partition coefficient (Wildman–Crippen LogP) is 0.887. The lowest BCUT2D eigenvalue weighted by molar-refractivity contribution is -0.383. The van der Waals surface area contributed by atoms with E-state index in [-0.39, 0.29) is 23.9 Å². The van der Waals surface area contributed by atoms with Crippen LogP contribution in [-0.2, 0) is 6.54 Å². The van der Waals surface area contributed by atoms with Gasteiger partial charge >= 0.3 is 5.69 Å². The van der Waals surface area contributed by atoms with E-state index in [9.17, 15) is 10.1 Å². The minimum Gasteiger partial charge on any atom is -0.444 e. The number of nitro groups is 1. The van der Waals surface area contributed by atoms with Crippen molar-refractivity contribution in [3.05, 3.63) is 33.8 Å². The van der Waals surface area contributed by atoms with Gasteiger partial charge in [-0.15, -0.1) is 0 Å². The monoisotopic (exact) mass is 279 g/mol. The highest BCUT2D eigenvalue weighted by Gasteiger charge is 2.22. The van der Waals surface area contributed by atoms with Gasteiger partial charge in [-0.25, -0.2) is 20.8 Å². The average Bonchev–Trinajstić information content (AvgIpc) is 2.74. The van der Waals surface area contributed by atoms with Gasteiger partial charge in [-0.1, -0.05) is 0 Å². The lowest BCUT2D eigenvalue weighted by Crippen LogP contribution is -2.13. The molecule has 10 heteroatoms. The molecule has 10 nitrogen and oxygen atoms in total. The molecule has 0 bridgehead atoms. The van der Waals surface area contributed by atoms with Gasteiger partial charge in [-0.2, -0.15) is 0 Å². The number of rotatable bonds is 5. The number of nitrogens with one attached hydrogen (secondary N) is 2. The van der Waals surface area contributed by atoms with Gasteiger partial charge in [0.2, 0.25) is 17.5 Å². The Hall–Kier alpha value is -2.75. The van der Waals surface area contributed by atoms with E-state index >= 15 is 0 Å². The Balaban J connectivity index is 2.23. The van der Waals surface area contributed by atoms with Crippen LogP contribution in [-0.4, -0.2) is 19.9 Å². The number of aryl methyl sites for hydroxylation is 2. The molecular weight excluding hydrogens is 266 g/mol. The summed E-state index contributed by atoms with van der Waals surface area (Å²) in [5.41, 5.74) is 2.59. The maximum Gasteiger partial charge on any atom is 0.354 e. The third kappa shape index (κ3) is 2.64. The number of hydrogen-bond acceptors (Lipinski definition) is 9. The zero-order chi connectivity index (χ0) is 14.7. The molecule has 0 spiro atoms. The topological polar surface area (TPSA) is 145 Å². The van der Waals surface area contributed by atoms with Crippen molar-refractivity contribution in [2.24, 2.45) is 5.84 Å². The molecule has 2 aromatic rings. The van der Waals surface area contributed by atoms with Gasteiger partial charge in [0.1, 0.15) is 12.1 Å². The first-order chi connectivity index (χ1) is 9.52. The second kappa shape index (κ2) is 5.48. The van der Waals surface area contributed by atoms with Crippen LogP contribution >= 0.6 is 0 Å². The van der Waals surface area contributed by atoms with Crippen molar-refractivity contribution >= 4 is 17.3 Å². The van der Waals surface area contributed by atoms with Crippen LogP contribution in [0.4, 0.5) is 17.3 Å². The molecule has 0 radical (unpaired) electrons. The normalized spacial score (nSPS) is 10.3. The van der Waals surface area contributed by atoms with E-state index in [2.05, 4.69) is 25.7 Å². The van der Waals surface area contributed by atoms with Crippen molar-refractivity contribution in [3.8, 4) is 0 Å². The number of nitrogens with two attached hydrogens (primary N) is 1. The van der Waals surface area contributed by atoms with Crippen molar-refractivity contribution < 1.29 is 9.34 Å². The van der Waals surface area contributed by atoms with Crippen LogP contribution in [0.3, 0.4) is 0 Å². The fourth-order valence-electron chi connectivity index (χ4n) is 1.56. The van der Waals surface area contributed by atoms with E-state index < -0.39 is 4.92 Å². The SMILES string of the molecule is Cc1nc(CNc2ncnc(NN)c2[N+](=O)[O-])oc1C. The Labute approximate surface area is 113 Å². The van der Waals surface area contributed by atoms with E-state index in [1.54, 1.807) is 6.92 Å². The van der Waals surface area contributed by atoms with Crippen LogP contribution in [0.2, 0.25) is 0 Å². The summed E-state index contributed by atoms with van der Waals surface area (Å²) in [4.78, 5) is 22.1. The molecule has 2 heterocycles. The summed E-state index contributed by atoms with van der Waals surface area (Å²) in [6, 6.07) is 0. The molecule has 0 atom stereocenters. The number of anilines is 2. The Bertz CT molecular complexity index is 620. The van der Waals surface area contributed by atoms with Crippen LogP contribution in [0.25, 0.3) is 0 Å². The Morgan fingerprint density at radius 2 is 2.10 bits per heavy atom. The first kappa shape index (κ1) is 13.7. The van der Waals surface area contributed by atoms with E-state index in [0.717, 1.165) is 12.0 Å². The number of hydrogen-bond donors (Lipinski definition) is 3. The van der Waals surface area contributed by atoms with Gasteiger partial charge in [-0.05, 0) is 13.8 Å². The molecular formula is C10H13N7O3. The predicted molar refractivity (Wildman–Crippen MR) is 69.8 cm³/mol. The molecule has 2 aromatic heterocycles. The van der Waals surface area contributed by atoms with Gasteiger partial charge in [0.05, 0.1) is 17.2 Å². The molecule has 0 saturated carbocycles. The number of nitrogen functional groups attached to an aromatic ring is 1. The smallest absolute Gasteiger partial charge is 0.354 e. The number of oxazole rings is 1. The zero-order valence-corrected chi connectivity index (χ0v) is 10.9. The molecule has 0 aliphatic rings. The number of aromatic nitrogens is 3. The van der Waals surface area contributed by atoms with Crippen LogP contribution < -0.4 is 16.6 Å².